The zero-order chi connectivity index (χ0) is 17.8. The first-order valence-corrected chi connectivity index (χ1v) is 8.37. The van der Waals surface area contributed by atoms with Crippen molar-refractivity contribution >= 4 is 5.91 Å². The van der Waals surface area contributed by atoms with E-state index in [1.54, 1.807) is 19.2 Å². The first-order valence-electron chi connectivity index (χ1n) is 8.37. The molecule has 1 aliphatic carbocycles. The highest BCUT2D eigenvalue weighted by molar-refractivity contribution is 5.98. The molecule has 0 saturated heterocycles. The molecule has 132 valence electrons. The summed E-state index contributed by atoms with van der Waals surface area (Å²) in [6.45, 7) is 0. The lowest BCUT2D eigenvalue weighted by atomic mass is 9.87. The van der Waals surface area contributed by atoms with Crippen LogP contribution in [0, 0.1) is 0 Å². The highest BCUT2D eigenvalue weighted by Crippen LogP contribution is 2.40. The maximum absolute atomic E-state index is 12.9. The SMILES string of the molecule is COc1ccc(C(=O)N[C@H]2CCCc3ccccc32)c(OC)c1OC. The molecule has 0 spiro atoms. The Balaban J connectivity index is 1.90. The standard InChI is InChI=1S/C20H23NO4/c1-23-17-12-11-15(18(24-2)19(17)25-3)20(22)21-16-10-6-8-13-7-4-5-9-14(13)16/h4-5,7,9,11-12,16H,6,8,10H2,1-3H3,(H,21,22)/t16-/m0/s1. The van der Waals surface area contributed by atoms with E-state index >= 15 is 0 Å². The molecule has 2 aromatic rings. The predicted octanol–water partition coefficient (Wildman–Crippen LogP) is 3.52. The number of fused-ring (bicyclic) bond motifs is 1. The Morgan fingerprint density at radius 3 is 2.48 bits per heavy atom. The summed E-state index contributed by atoms with van der Waals surface area (Å²) in [6.07, 6.45) is 3.05. The third-order valence-corrected chi connectivity index (χ3v) is 4.62. The van der Waals surface area contributed by atoms with E-state index in [1.165, 1.54) is 25.3 Å². The fourth-order valence-corrected chi connectivity index (χ4v) is 3.42. The van der Waals surface area contributed by atoms with E-state index in [2.05, 4.69) is 17.4 Å². The van der Waals surface area contributed by atoms with E-state index in [9.17, 15) is 4.79 Å². The lowest BCUT2D eigenvalue weighted by Crippen LogP contribution is -2.31. The molecule has 3 rings (SSSR count). The summed E-state index contributed by atoms with van der Waals surface area (Å²) in [4.78, 5) is 12.9. The minimum atomic E-state index is -0.181. The number of ether oxygens (including phenoxy) is 3. The monoisotopic (exact) mass is 341 g/mol. The van der Waals surface area contributed by atoms with Crippen LogP contribution in [0.15, 0.2) is 36.4 Å². The summed E-state index contributed by atoms with van der Waals surface area (Å²) in [5, 5.41) is 3.14. The molecule has 1 atom stereocenters. The van der Waals surface area contributed by atoms with Crippen LogP contribution in [-0.2, 0) is 6.42 Å². The van der Waals surface area contributed by atoms with Gasteiger partial charge in [0.15, 0.2) is 11.5 Å². The van der Waals surface area contributed by atoms with E-state index < -0.39 is 0 Å². The van der Waals surface area contributed by atoms with E-state index in [1.807, 2.05) is 12.1 Å². The van der Waals surface area contributed by atoms with Crippen molar-refractivity contribution in [1.82, 2.24) is 5.32 Å². The van der Waals surface area contributed by atoms with Gasteiger partial charge in [-0.15, -0.1) is 0 Å². The number of carbonyl (C=O) groups is 1. The van der Waals surface area contributed by atoms with Crippen LogP contribution in [0.1, 0.15) is 40.4 Å². The Kier molecular flexibility index (Phi) is 5.12. The van der Waals surface area contributed by atoms with Crippen LogP contribution >= 0.6 is 0 Å². The van der Waals surface area contributed by atoms with Gasteiger partial charge in [0.1, 0.15) is 0 Å². The molecule has 5 heteroatoms. The van der Waals surface area contributed by atoms with Gasteiger partial charge in [0.05, 0.1) is 32.9 Å². The maximum atomic E-state index is 12.9. The third-order valence-electron chi connectivity index (χ3n) is 4.62. The van der Waals surface area contributed by atoms with Gasteiger partial charge in [-0.2, -0.15) is 0 Å². The largest absolute Gasteiger partial charge is 0.493 e. The average molecular weight is 341 g/mol. The number of benzene rings is 2. The van der Waals surface area contributed by atoms with Gasteiger partial charge in [0.2, 0.25) is 5.75 Å². The number of amides is 1. The topological polar surface area (TPSA) is 56.8 Å². The molecule has 0 unspecified atom stereocenters. The number of hydrogen-bond donors (Lipinski definition) is 1. The van der Waals surface area contributed by atoms with Gasteiger partial charge in [-0.05, 0) is 42.5 Å². The van der Waals surface area contributed by atoms with Crippen LogP contribution in [-0.4, -0.2) is 27.2 Å². The highest BCUT2D eigenvalue weighted by Gasteiger charge is 2.25. The number of rotatable bonds is 5. The van der Waals surface area contributed by atoms with Crippen LogP contribution in [0.2, 0.25) is 0 Å². The smallest absolute Gasteiger partial charge is 0.255 e. The molecule has 5 nitrogen and oxygen atoms in total. The molecule has 0 bridgehead atoms. The zero-order valence-corrected chi connectivity index (χ0v) is 14.8. The number of methoxy groups -OCH3 is 3. The van der Waals surface area contributed by atoms with Gasteiger partial charge < -0.3 is 19.5 Å². The van der Waals surface area contributed by atoms with Gasteiger partial charge in [0.25, 0.3) is 5.91 Å². The van der Waals surface area contributed by atoms with E-state index in [4.69, 9.17) is 14.2 Å². The van der Waals surface area contributed by atoms with Crippen LogP contribution < -0.4 is 19.5 Å². The van der Waals surface area contributed by atoms with Crippen molar-refractivity contribution in [3.63, 3.8) is 0 Å². The predicted molar refractivity (Wildman–Crippen MR) is 95.7 cm³/mol. The second-order valence-electron chi connectivity index (χ2n) is 6.00. The quantitative estimate of drug-likeness (QED) is 0.904. The minimum Gasteiger partial charge on any atom is -0.493 e. The Bertz CT molecular complexity index is 772. The lowest BCUT2D eigenvalue weighted by Gasteiger charge is -2.26. The van der Waals surface area contributed by atoms with Crippen LogP contribution in [0.4, 0.5) is 0 Å². The summed E-state index contributed by atoms with van der Waals surface area (Å²) in [5.41, 5.74) is 2.93. The molecule has 0 radical (unpaired) electrons. The molecule has 0 fully saturated rings. The van der Waals surface area contributed by atoms with Crippen molar-refractivity contribution in [1.29, 1.82) is 0 Å². The lowest BCUT2D eigenvalue weighted by molar-refractivity contribution is 0.0929. The highest BCUT2D eigenvalue weighted by atomic mass is 16.5. The fraction of sp³-hybridized carbons (Fsp3) is 0.350. The summed E-state index contributed by atoms with van der Waals surface area (Å²) in [7, 11) is 4.60. The van der Waals surface area contributed by atoms with Crippen molar-refractivity contribution in [3.05, 3.63) is 53.1 Å². The summed E-state index contributed by atoms with van der Waals surface area (Å²) in [6, 6.07) is 11.7. The van der Waals surface area contributed by atoms with Crippen LogP contribution in [0.5, 0.6) is 17.2 Å². The molecule has 2 aromatic carbocycles. The second-order valence-corrected chi connectivity index (χ2v) is 6.00. The molecular formula is C20H23NO4. The molecular weight excluding hydrogens is 318 g/mol. The number of nitrogens with one attached hydrogen (secondary N) is 1. The Morgan fingerprint density at radius 1 is 1.00 bits per heavy atom. The minimum absolute atomic E-state index is 0.00949. The molecule has 25 heavy (non-hydrogen) atoms. The van der Waals surface area contributed by atoms with E-state index in [0.717, 1.165) is 19.3 Å². The van der Waals surface area contributed by atoms with Gasteiger partial charge in [-0.3, -0.25) is 4.79 Å². The zero-order valence-electron chi connectivity index (χ0n) is 14.8. The van der Waals surface area contributed by atoms with Gasteiger partial charge >= 0.3 is 0 Å². The summed E-state index contributed by atoms with van der Waals surface area (Å²) >= 11 is 0. The van der Waals surface area contributed by atoms with Gasteiger partial charge in [-0.1, -0.05) is 24.3 Å². The number of aryl methyl sites for hydroxylation is 1. The van der Waals surface area contributed by atoms with Crippen LogP contribution in [0.25, 0.3) is 0 Å². The van der Waals surface area contributed by atoms with E-state index in [0.29, 0.717) is 22.8 Å². The number of hydrogen-bond acceptors (Lipinski definition) is 4. The fourth-order valence-electron chi connectivity index (χ4n) is 3.42. The van der Waals surface area contributed by atoms with Gasteiger partial charge in [-0.25, -0.2) is 0 Å². The molecule has 1 N–H and O–H groups in total. The van der Waals surface area contributed by atoms with Gasteiger partial charge in [0, 0.05) is 0 Å². The van der Waals surface area contributed by atoms with Crippen molar-refractivity contribution in [2.45, 2.75) is 25.3 Å². The van der Waals surface area contributed by atoms with Crippen molar-refractivity contribution < 1.29 is 19.0 Å². The Labute approximate surface area is 147 Å². The van der Waals surface area contributed by atoms with Crippen LogP contribution in [0.3, 0.4) is 0 Å². The van der Waals surface area contributed by atoms with Crippen molar-refractivity contribution in [2.75, 3.05) is 21.3 Å². The van der Waals surface area contributed by atoms with E-state index in [-0.39, 0.29) is 11.9 Å². The number of carbonyl (C=O) groups excluding carboxylic acids is 1. The maximum Gasteiger partial charge on any atom is 0.255 e. The summed E-state index contributed by atoms with van der Waals surface area (Å²) < 4.78 is 16.1. The first-order chi connectivity index (χ1) is 12.2. The Morgan fingerprint density at radius 2 is 1.76 bits per heavy atom. The molecule has 1 aliphatic rings. The van der Waals surface area contributed by atoms with Crippen molar-refractivity contribution in [2.24, 2.45) is 0 Å². The molecule has 1 amide bonds. The molecule has 0 heterocycles. The molecule has 0 aromatic heterocycles. The summed E-state index contributed by atoms with van der Waals surface area (Å²) in [5.74, 6) is 1.14. The third kappa shape index (κ3) is 3.27. The normalized spacial score (nSPS) is 15.9. The van der Waals surface area contributed by atoms with Crippen molar-refractivity contribution in [3.8, 4) is 17.2 Å². The Hall–Kier alpha value is -2.69. The second kappa shape index (κ2) is 7.47. The molecule has 0 saturated carbocycles. The average Bonchev–Trinajstić information content (AvgIpc) is 2.66. The first kappa shape index (κ1) is 17.1. The molecule has 0 aliphatic heterocycles.